The van der Waals surface area contributed by atoms with Crippen LogP contribution in [0.1, 0.15) is 0 Å². The van der Waals surface area contributed by atoms with Gasteiger partial charge in [0.25, 0.3) is 0 Å². The number of carbonyl (C=O) groups excluding carboxylic acids is 1. The van der Waals surface area contributed by atoms with E-state index in [-0.39, 0.29) is 12.5 Å². The summed E-state index contributed by atoms with van der Waals surface area (Å²) in [5, 5.41) is 2.85. The van der Waals surface area contributed by atoms with E-state index >= 15 is 0 Å². The number of imidazole rings is 1. The molecule has 0 fully saturated rings. The van der Waals surface area contributed by atoms with Gasteiger partial charge in [-0.3, -0.25) is 4.79 Å². The zero-order valence-electron chi connectivity index (χ0n) is 12.9. The van der Waals surface area contributed by atoms with Crippen molar-refractivity contribution in [2.75, 3.05) is 19.5 Å². The number of hydrogen-bond acceptors (Lipinski definition) is 4. The van der Waals surface area contributed by atoms with Crippen molar-refractivity contribution in [2.24, 2.45) is 0 Å². The highest BCUT2D eigenvalue weighted by Gasteiger charge is 2.11. The zero-order valence-corrected chi connectivity index (χ0v) is 12.9. The molecule has 23 heavy (non-hydrogen) atoms. The van der Waals surface area contributed by atoms with E-state index in [4.69, 9.17) is 9.47 Å². The average molecular weight is 311 g/mol. The summed E-state index contributed by atoms with van der Waals surface area (Å²) in [6.45, 7) is 0.176. The van der Waals surface area contributed by atoms with Crippen molar-refractivity contribution in [3.05, 3.63) is 48.8 Å². The van der Waals surface area contributed by atoms with Crippen LogP contribution in [-0.4, -0.2) is 29.7 Å². The molecular formula is C17H17N3O3. The summed E-state index contributed by atoms with van der Waals surface area (Å²) in [6.07, 6.45) is 1.66. The van der Waals surface area contributed by atoms with Crippen LogP contribution in [0.5, 0.6) is 11.5 Å². The van der Waals surface area contributed by atoms with E-state index in [1.54, 1.807) is 43.3 Å². The third kappa shape index (κ3) is 3.11. The number of fused-ring (bicyclic) bond motifs is 1. The minimum absolute atomic E-state index is 0.156. The largest absolute Gasteiger partial charge is 0.497 e. The monoisotopic (exact) mass is 311 g/mol. The van der Waals surface area contributed by atoms with Gasteiger partial charge in [0.2, 0.25) is 5.91 Å². The third-order valence-corrected chi connectivity index (χ3v) is 3.52. The maximum absolute atomic E-state index is 12.3. The summed E-state index contributed by atoms with van der Waals surface area (Å²) in [4.78, 5) is 16.6. The van der Waals surface area contributed by atoms with E-state index in [2.05, 4.69) is 10.3 Å². The van der Waals surface area contributed by atoms with Gasteiger partial charge in [-0.15, -0.1) is 0 Å². The number of nitrogens with one attached hydrogen (secondary N) is 1. The molecule has 1 amide bonds. The normalized spacial score (nSPS) is 10.5. The van der Waals surface area contributed by atoms with E-state index in [1.807, 2.05) is 24.3 Å². The molecule has 3 aromatic rings. The van der Waals surface area contributed by atoms with Crippen molar-refractivity contribution in [3.63, 3.8) is 0 Å². The van der Waals surface area contributed by atoms with E-state index in [1.165, 1.54) is 0 Å². The smallest absolute Gasteiger partial charge is 0.244 e. The predicted molar refractivity (Wildman–Crippen MR) is 87.9 cm³/mol. The highest BCUT2D eigenvalue weighted by Crippen LogP contribution is 2.29. The number of amides is 1. The highest BCUT2D eigenvalue weighted by molar-refractivity contribution is 5.93. The summed E-state index contributed by atoms with van der Waals surface area (Å²) >= 11 is 0. The molecule has 1 aromatic heterocycles. The summed E-state index contributed by atoms with van der Waals surface area (Å²) in [7, 11) is 3.13. The number of para-hydroxylation sites is 2. The molecule has 0 saturated carbocycles. The lowest BCUT2D eigenvalue weighted by atomic mass is 10.2. The van der Waals surface area contributed by atoms with Gasteiger partial charge in [0, 0.05) is 6.07 Å². The molecular weight excluding hydrogens is 294 g/mol. The van der Waals surface area contributed by atoms with Crippen molar-refractivity contribution >= 4 is 22.6 Å². The Morgan fingerprint density at radius 3 is 2.78 bits per heavy atom. The molecule has 0 aliphatic rings. The first-order chi connectivity index (χ1) is 11.2. The molecule has 0 aliphatic carbocycles. The van der Waals surface area contributed by atoms with Gasteiger partial charge in [-0.2, -0.15) is 0 Å². The van der Waals surface area contributed by atoms with Gasteiger partial charge < -0.3 is 19.4 Å². The quantitative estimate of drug-likeness (QED) is 0.787. The lowest BCUT2D eigenvalue weighted by molar-refractivity contribution is -0.116. The number of rotatable bonds is 5. The number of ether oxygens (including phenoxy) is 2. The first kappa shape index (κ1) is 14.9. The fourth-order valence-corrected chi connectivity index (χ4v) is 2.38. The molecule has 1 N–H and O–H groups in total. The zero-order chi connectivity index (χ0) is 16.2. The molecule has 3 rings (SSSR count). The molecule has 0 aliphatic heterocycles. The Labute approximate surface area is 133 Å². The van der Waals surface area contributed by atoms with E-state index < -0.39 is 0 Å². The van der Waals surface area contributed by atoms with Crippen LogP contribution in [0.15, 0.2) is 48.8 Å². The Bertz CT molecular complexity index is 842. The van der Waals surface area contributed by atoms with Gasteiger partial charge in [-0.1, -0.05) is 12.1 Å². The molecule has 6 nitrogen and oxygen atoms in total. The number of anilines is 1. The third-order valence-electron chi connectivity index (χ3n) is 3.52. The maximum atomic E-state index is 12.3. The minimum Gasteiger partial charge on any atom is -0.497 e. The molecule has 0 saturated heterocycles. The summed E-state index contributed by atoms with van der Waals surface area (Å²) in [6, 6.07) is 12.9. The van der Waals surface area contributed by atoms with Crippen molar-refractivity contribution in [1.82, 2.24) is 9.55 Å². The standard InChI is InChI=1S/C17H17N3O3/c1-22-12-7-8-14(16(9-12)23-2)19-17(21)10-20-11-18-13-5-3-4-6-15(13)20/h3-9,11H,10H2,1-2H3,(H,19,21). The summed E-state index contributed by atoms with van der Waals surface area (Å²) < 4.78 is 12.2. The Hall–Kier alpha value is -3.02. The molecule has 0 bridgehead atoms. The second-order valence-corrected chi connectivity index (χ2v) is 4.98. The Morgan fingerprint density at radius 1 is 1.17 bits per heavy atom. The van der Waals surface area contributed by atoms with E-state index in [0.29, 0.717) is 17.2 Å². The fourth-order valence-electron chi connectivity index (χ4n) is 2.38. The van der Waals surface area contributed by atoms with Crippen LogP contribution in [0.3, 0.4) is 0 Å². The van der Waals surface area contributed by atoms with Crippen LogP contribution in [0.2, 0.25) is 0 Å². The minimum atomic E-state index is -0.156. The number of aromatic nitrogens is 2. The molecule has 2 aromatic carbocycles. The lowest BCUT2D eigenvalue weighted by Gasteiger charge is -2.12. The molecule has 0 radical (unpaired) electrons. The predicted octanol–water partition coefficient (Wildman–Crippen LogP) is 2.69. The lowest BCUT2D eigenvalue weighted by Crippen LogP contribution is -2.18. The summed E-state index contributed by atoms with van der Waals surface area (Å²) in [5.41, 5.74) is 2.38. The van der Waals surface area contributed by atoms with Crippen LogP contribution in [0.4, 0.5) is 5.69 Å². The Morgan fingerprint density at radius 2 is 2.00 bits per heavy atom. The van der Waals surface area contributed by atoms with Gasteiger partial charge in [0.1, 0.15) is 18.0 Å². The molecule has 1 heterocycles. The van der Waals surface area contributed by atoms with Gasteiger partial charge >= 0.3 is 0 Å². The number of benzene rings is 2. The average Bonchev–Trinajstić information content (AvgIpc) is 2.98. The second kappa shape index (κ2) is 6.39. The first-order valence-corrected chi connectivity index (χ1v) is 7.13. The van der Waals surface area contributed by atoms with Gasteiger partial charge in [0.15, 0.2) is 0 Å². The molecule has 6 heteroatoms. The topological polar surface area (TPSA) is 65.4 Å². The van der Waals surface area contributed by atoms with Gasteiger partial charge in [0.05, 0.1) is 37.3 Å². The van der Waals surface area contributed by atoms with Crippen LogP contribution in [0, 0.1) is 0 Å². The van der Waals surface area contributed by atoms with Crippen molar-refractivity contribution in [2.45, 2.75) is 6.54 Å². The van der Waals surface area contributed by atoms with Crippen molar-refractivity contribution in [1.29, 1.82) is 0 Å². The number of carbonyl (C=O) groups is 1. The SMILES string of the molecule is COc1ccc(NC(=O)Cn2cnc3ccccc32)c(OC)c1. The molecule has 0 unspecified atom stereocenters. The first-order valence-electron chi connectivity index (χ1n) is 7.13. The van der Waals surface area contributed by atoms with Crippen molar-refractivity contribution < 1.29 is 14.3 Å². The van der Waals surface area contributed by atoms with Gasteiger partial charge in [-0.05, 0) is 24.3 Å². The molecule has 0 atom stereocenters. The number of nitrogens with zero attached hydrogens (tertiary/aromatic N) is 2. The molecule has 118 valence electrons. The van der Waals surface area contributed by atoms with E-state index in [0.717, 1.165) is 11.0 Å². The Balaban J connectivity index is 1.77. The molecule has 0 spiro atoms. The summed E-state index contributed by atoms with van der Waals surface area (Å²) in [5.74, 6) is 1.06. The van der Waals surface area contributed by atoms with Crippen LogP contribution < -0.4 is 14.8 Å². The number of methoxy groups -OCH3 is 2. The van der Waals surface area contributed by atoms with E-state index in [9.17, 15) is 4.79 Å². The van der Waals surface area contributed by atoms with Crippen molar-refractivity contribution in [3.8, 4) is 11.5 Å². The van der Waals surface area contributed by atoms with Gasteiger partial charge in [-0.25, -0.2) is 4.98 Å². The highest BCUT2D eigenvalue weighted by atomic mass is 16.5. The van der Waals surface area contributed by atoms with Crippen LogP contribution >= 0.6 is 0 Å². The second-order valence-electron chi connectivity index (χ2n) is 4.98. The Kier molecular flexibility index (Phi) is 4.14. The van der Waals surface area contributed by atoms with Crippen LogP contribution in [0.25, 0.3) is 11.0 Å². The number of hydrogen-bond donors (Lipinski definition) is 1. The maximum Gasteiger partial charge on any atom is 0.244 e. The fraction of sp³-hybridized carbons (Fsp3) is 0.176. The van der Waals surface area contributed by atoms with Crippen LogP contribution in [-0.2, 0) is 11.3 Å².